The minimum absolute atomic E-state index is 0.562. The summed E-state index contributed by atoms with van der Waals surface area (Å²) in [5.41, 5.74) is 1.19. The van der Waals surface area contributed by atoms with Crippen LogP contribution in [0.3, 0.4) is 0 Å². The summed E-state index contributed by atoms with van der Waals surface area (Å²) in [5.74, 6) is 1.30. The largest absolute Gasteiger partial charge is 0.547 e. The summed E-state index contributed by atoms with van der Waals surface area (Å²) in [6.45, 7) is 21.5. The maximum atomic E-state index is 6.45. The highest BCUT2D eigenvalue weighted by molar-refractivity contribution is 6.80. The molecule has 0 aromatic carbocycles. The maximum Gasteiger partial charge on any atom is 0.241 e. The Morgan fingerprint density at radius 1 is 0.789 bits per heavy atom. The molecule has 0 spiro atoms. The molecule has 0 aliphatic heterocycles. The molecule has 1 aliphatic rings. The van der Waals surface area contributed by atoms with Crippen LogP contribution in [0.2, 0.25) is 70.0 Å². The second-order valence-electron chi connectivity index (χ2n) is 8.90. The van der Waals surface area contributed by atoms with Crippen LogP contribution >= 0.6 is 0 Å². The molecule has 1 rings (SSSR count). The van der Waals surface area contributed by atoms with Gasteiger partial charge in [-0.15, -0.1) is 0 Å². The van der Waals surface area contributed by atoms with Crippen molar-refractivity contribution in [3.05, 3.63) is 24.0 Å². The van der Waals surface area contributed by atoms with Gasteiger partial charge in [0.2, 0.25) is 8.32 Å². The predicted molar refractivity (Wildman–Crippen MR) is 95.8 cm³/mol. The minimum atomic E-state index is -1.52. The molecule has 0 amide bonds. The predicted octanol–water partition coefficient (Wildman–Crippen LogP) is 5.71. The molecule has 0 saturated carbocycles. The van der Waals surface area contributed by atoms with E-state index in [1.54, 1.807) is 0 Å². The first kappa shape index (κ1) is 17.0. The van der Waals surface area contributed by atoms with E-state index >= 15 is 0 Å². The molecule has 2 atom stereocenters. The fourth-order valence-electron chi connectivity index (χ4n) is 2.37. The molecule has 1 nitrogen and oxygen atoms in total. The highest BCUT2D eigenvalue weighted by Crippen LogP contribution is 2.41. The van der Waals surface area contributed by atoms with Crippen LogP contribution in [0.15, 0.2) is 24.0 Å². The quantitative estimate of drug-likeness (QED) is 0.477. The van der Waals surface area contributed by atoms with Gasteiger partial charge in [0.1, 0.15) is 0 Å². The average molecular weight is 313 g/mol. The molecule has 1 aliphatic carbocycles. The number of hydrogen-bond acceptors (Lipinski definition) is 1. The maximum absolute atomic E-state index is 6.45. The summed E-state index contributed by atoms with van der Waals surface area (Å²) in [6.07, 6.45) is 7.39. The highest BCUT2D eigenvalue weighted by Gasteiger charge is 2.36. The lowest BCUT2D eigenvalue weighted by Crippen LogP contribution is -2.36. The second kappa shape index (κ2) is 5.37. The molecular weight excluding hydrogens is 280 g/mol. The zero-order valence-electron chi connectivity index (χ0n) is 14.3. The van der Waals surface area contributed by atoms with E-state index < -0.39 is 24.5 Å². The molecule has 0 aromatic heterocycles. The fourth-order valence-corrected chi connectivity index (χ4v) is 6.44. The topological polar surface area (TPSA) is 9.23 Å². The van der Waals surface area contributed by atoms with Crippen LogP contribution in [-0.2, 0) is 4.43 Å². The summed E-state index contributed by atoms with van der Waals surface area (Å²) in [5, 5.41) is 0. The first-order chi connectivity index (χ1) is 8.31. The summed E-state index contributed by atoms with van der Waals surface area (Å²) in [4.78, 5) is 0. The molecule has 2 unspecified atom stereocenters. The van der Waals surface area contributed by atoms with Gasteiger partial charge in [-0.25, -0.2) is 0 Å². The molecule has 0 heterocycles. The summed E-state index contributed by atoms with van der Waals surface area (Å²) in [6, 6.07) is 0. The Bertz CT molecular complexity index is 378. The van der Waals surface area contributed by atoms with Crippen molar-refractivity contribution in [2.75, 3.05) is 0 Å². The molecule has 110 valence electrons. The molecule has 0 N–H and O–H groups in total. The third-order valence-corrected chi connectivity index (χ3v) is 9.07. The van der Waals surface area contributed by atoms with E-state index in [0.29, 0.717) is 11.1 Å². The van der Waals surface area contributed by atoms with Crippen LogP contribution in [0.1, 0.15) is 0 Å². The van der Waals surface area contributed by atoms with Crippen molar-refractivity contribution in [2.45, 2.75) is 70.0 Å². The SMILES string of the molecule is C[Si](C)(C)OC1=CC([Si](C)(C)C)C=CC1[Si](C)(C)C. The molecule has 0 radical (unpaired) electrons. The molecule has 0 saturated heterocycles. The summed E-state index contributed by atoms with van der Waals surface area (Å²) in [7, 11) is -3.94. The monoisotopic (exact) mass is 312 g/mol. The van der Waals surface area contributed by atoms with Crippen molar-refractivity contribution in [1.82, 2.24) is 0 Å². The summed E-state index contributed by atoms with van der Waals surface area (Å²) >= 11 is 0. The molecular formula is C15H32OSi3. The average Bonchev–Trinajstić information content (AvgIpc) is 2.11. The molecule has 4 heteroatoms. The normalized spacial score (nSPS) is 25.2. The van der Waals surface area contributed by atoms with Gasteiger partial charge in [-0.1, -0.05) is 51.4 Å². The fraction of sp³-hybridized carbons (Fsp3) is 0.733. The summed E-state index contributed by atoms with van der Waals surface area (Å²) < 4.78 is 6.45. The van der Waals surface area contributed by atoms with Gasteiger partial charge in [0, 0.05) is 5.54 Å². The molecule has 19 heavy (non-hydrogen) atoms. The van der Waals surface area contributed by atoms with Gasteiger partial charge < -0.3 is 4.43 Å². The van der Waals surface area contributed by atoms with Crippen LogP contribution in [0.4, 0.5) is 0 Å². The molecule has 0 aromatic rings. The van der Waals surface area contributed by atoms with Gasteiger partial charge in [-0.2, -0.15) is 0 Å². The van der Waals surface area contributed by atoms with Crippen molar-refractivity contribution in [1.29, 1.82) is 0 Å². The van der Waals surface area contributed by atoms with Crippen molar-refractivity contribution in [3.8, 4) is 0 Å². The van der Waals surface area contributed by atoms with E-state index in [4.69, 9.17) is 4.43 Å². The third kappa shape index (κ3) is 5.08. The Morgan fingerprint density at radius 3 is 1.68 bits per heavy atom. The van der Waals surface area contributed by atoms with E-state index in [-0.39, 0.29) is 0 Å². The number of allylic oxidation sites excluding steroid dienone is 3. The lowest BCUT2D eigenvalue weighted by atomic mass is 10.1. The lowest BCUT2D eigenvalue weighted by molar-refractivity contribution is 0.405. The van der Waals surface area contributed by atoms with Gasteiger partial charge in [0.05, 0.1) is 21.9 Å². The second-order valence-corrected chi connectivity index (χ2v) is 24.1. The van der Waals surface area contributed by atoms with E-state index in [1.165, 1.54) is 5.76 Å². The number of hydrogen-bond donors (Lipinski definition) is 0. The van der Waals surface area contributed by atoms with E-state index in [1.807, 2.05) is 0 Å². The van der Waals surface area contributed by atoms with Crippen LogP contribution < -0.4 is 0 Å². The van der Waals surface area contributed by atoms with Crippen molar-refractivity contribution < 1.29 is 4.43 Å². The minimum Gasteiger partial charge on any atom is -0.547 e. The van der Waals surface area contributed by atoms with Gasteiger partial charge in [0.15, 0.2) is 0 Å². The smallest absolute Gasteiger partial charge is 0.241 e. The van der Waals surface area contributed by atoms with Crippen molar-refractivity contribution in [2.24, 2.45) is 0 Å². The van der Waals surface area contributed by atoms with Crippen LogP contribution in [0, 0.1) is 0 Å². The van der Waals surface area contributed by atoms with Crippen molar-refractivity contribution in [3.63, 3.8) is 0 Å². The Kier molecular flexibility index (Phi) is 4.80. The van der Waals surface area contributed by atoms with Crippen molar-refractivity contribution >= 4 is 24.5 Å². The Balaban J connectivity index is 3.09. The van der Waals surface area contributed by atoms with Crippen LogP contribution in [-0.4, -0.2) is 24.5 Å². The zero-order valence-corrected chi connectivity index (χ0v) is 17.3. The Hall–Kier alpha value is -0.0694. The first-order valence-corrected chi connectivity index (χ1v) is 18.0. The van der Waals surface area contributed by atoms with Crippen LogP contribution in [0.25, 0.3) is 0 Å². The Labute approximate surface area is 123 Å². The van der Waals surface area contributed by atoms with E-state index in [2.05, 4.69) is 77.2 Å². The van der Waals surface area contributed by atoms with Gasteiger partial charge in [-0.05, 0) is 31.3 Å². The van der Waals surface area contributed by atoms with Gasteiger partial charge in [-0.3, -0.25) is 0 Å². The molecule has 0 fully saturated rings. The lowest BCUT2D eigenvalue weighted by Gasteiger charge is -2.38. The Morgan fingerprint density at radius 2 is 1.32 bits per heavy atom. The van der Waals surface area contributed by atoms with Gasteiger partial charge >= 0.3 is 0 Å². The van der Waals surface area contributed by atoms with E-state index in [9.17, 15) is 0 Å². The first-order valence-electron chi connectivity index (χ1n) is 7.40. The highest BCUT2D eigenvalue weighted by atomic mass is 28.4. The van der Waals surface area contributed by atoms with Crippen LogP contribution in [0.5, 0.6) is 0 Å². The number of rotatable bonds is 4. The molecule has 0 bridgehead atoms. The zero-order chi connectivity index (χ0) is 15.1. The standard InChI is InChI=1S/C15H32OSi3/c1-17(2,3)13-10-11-15(18(4,5)6)14(12-13)16-19(7,8)9/h10-13,15H,1-9H3. The van der Waals surface area contributed by atoms with Gasteiger partial charge in [0.25, 0.3) is 0 Å². The third-order valence-electron chi connectivity index (χ3n) is 3.52. The van der Waals surface area contributed by atoms with E-state index in [0.717, 1.165) is 0 Å².